The normalized spacial score (nSPS) is 12.7. The molecule has 0 saturated carbocycles. The van der Waals surface area contributed by atoms with Crippen LogP contribution in [0.25, 0.3) is 10.9 Å². The largest absolute Gasteiger partial charge is 0.258 e. The number of nitrogens with zero attached hydrogens (tertiary/aromatic N) is 2. The molecular weight excluding hydrogens is 395 g/mol. The van der Waals surface area contributed by atoms with Gasteiger partial charge in [0.25, 0.3) is 0 Å². The second-order valence-corrected chi connectivity index (χ2v) is 7.41. The van der Waals surface area contributed by atoms with Crippen LogP contribution in [-0.4, -0.2) is 9.78 Å². The highest BCUT2D eigenvalue weighted by Crippen LogP contribution is 2.33. The molecule has 1 unspecified atom stereocenters. The molecule has 1 aromatic heterocycles. The van der Waals surface area contributed by atoms with Crippen molar-refractivity contribution in [2.45, 2.75) is 32.7 Å². The van der Waals surface area contributed by atoms with E-state index < -0.39 is 0 Å². The zero-order chi connectivity index (χ0) is 16.6. The summed E-state index contributed by atoms with van der Waals surface area (Å²) in [5.74, 6) is 0. The van der Waals surface area contributed by atoms with Crippen LogP contribution in [0.15, 0.2) is 41.0 Å². The third-order valence-electron chi connectivity index (χ3n) is 4.06. The molecule has 3 rings (SSSR count). The zero-order valence-corrected chi connectivity index (χ0v) is 16.1. The number of halogens is 3. The quantitative estimate of drug-likeness (QED) is 0.468. The van der Waals surface area contributed by atoms with E-state index in [1.165, 1.54) is 0 Å². The van der Waals surface area contributed by atoms with Gasteiger partial charge >= 0.3 is 0 Å². The highest BCUT2D eigenvalue weighted by molar-refractivity contribution is 9.10. The van der Waals surface area contributed by atoms with Crippen molar-refractivity contribution in [1.29, 1.82) is 0 Å². The van der Waals surface area contributed by atoms with Crippen molar-refractivity contribution < 1.29 is 0 Å². The van der Waals surface area contributed by atoms with Crippen LogP contribution in [0.3, 0.4) is 0 Å². The summed E-state index contributed by atoms with van der Waals surface area (Å²) in [6, 6.07) is 10.2. The number of aromatic nitrogens is 2. The minimum absolute atomic E-state index is 0.0298. The molecule has 0 aliphatic carbocycles. The number of benzene rings is 2. The minimum Gasteiger partial charge on any atom is -0.258 e. The average Bonchev–Trinajstić information content (AvgIpc) is 2.92. The highest BCUT2D eigenvalue weighted by Gasteiger charge is 2.17. The summed E-state index contributed by atoms with van der Waals surface area (Å²) in [4.78, 5) is 0. The molecule has 0 aliphatic heterocycles. The minimum atomic E-state index is 0.0298. The van der Waals surface area contributed by atoms with E-state index in [4.69, 9.17) is 23.2 Å². The van der Waals surface area contributed by atoms with E-state index >= 15 is 0 Å². The fourth-order valence-corrected chi connectivity index (χ4v) is 3.83. The monoisotopic (exact) mass is 410 g/mol. The van der Waals surface area contributed by atoms with E-state index in [9.17, 15) is 0 Å². The lowest BCUT2D eigenvalue weighted by Crippen LogP contribution is -2.09. The molecule has 1 atom stereocenters. The first-order valence-electron chi connectivity index (χ1n) is 7.62. The predicted molar refractivity (Wildman–Crippen MR) is 102 cm³/mol. The predicted octanol–water partition coefficient (Wildman–Crippen LogP) is 6.67. The molecule has 2 aromatic carbocycles. The van der Waals surface area contributed by atoms with Gasteiger partial charge in [-0.2, -0.15) is 5.10 Å². The lowest BCUT2D eigenvalue weighted by atomic mass is 10.0. The molecule has 0 fully saturated rings. The topological polar surface area (TPSA) is 17.8 Å². The maximum Gasteiger partial charge on any atom is 0.0762 e. The van der Waals surface area contributed by atoms with E-state index in [0.717, 1.165) is 44.4 Å². The number of fused-ring (bicyclic) bond motifs is 1. The Morgan fingerprint density at radius 1 is 1.17 bits per heavy atom. The van der Waals surface area contributed by atoms with Gasteiger partial charge in [-0.25, -0.2) is 0 Å². The molecule has 0 N–H and O–H groups in total. The van der Waals surface area contributed by atoms with Crippen molar-refractivity contribution in [2.24, 2.45) is 0 Å². The first kappa shape index (κ1) is 16.8. The summed E-state index contributed by atoms with van der Waals surface area (Å²) in [7, 11) is 0. The Morgan fingerprint density at radius 3 is 2.70 bits per heavy atom. The molecule has 0 radical (unpaired) electrons. The van der Waals surface area contributed by atoms with Crippen LogP contribution in [0.5, 0.6) is 0 Å². The van der Waals surface area contributed by atoms with Gasteiger partial charge in [-0.1, -0.05) is 64.6 Å². The van der Waals surface area contributed by atoms with Gasteiger partial charge in [-0.05, 0) is 42.7 Å². The van der Waals surface area contributed by atoms with Crippen LogP contribution in [-0.2, 0) is 6.42 Å². The molecule has 0 bridgehead atoms. The van der Waals surface area contributed by atoms with Crippen molar-refractivity contribution in [2.75, 3.05) is 0 Å². The summed E-state index contributed by atoms with van der Waals surface area (Å²) in [5.41, 5.74) is 3.26. The van der Waals surface area contributed by atoms with Crippen molar-refractivity contribution in [1.82, 2.24) is 9.78 Å². The van der Waals surface area contributed by atoms with Gasteiger partial charge in [0.1, 0.15) is 0 Å². The van der Waals surface area contributed by atoms with Gasteiger partial charge in [0.05, 0.1) is 17.8 Å². The molecule has 23 heavy (non-hydrogen) atoms. The Morgan fingerprint density at radius 2 is 1.96 bits per heavy atom. The van der Waals surface area contributed by atoms with Crippen molar-refractivity contribution in [3.05, 3.63) is 62.2 Å². The molecule has 1 heterocycles. The molecule has 2 nitrogen and oxygen atoms in total. The Hall–Kier alpha value is -1.03. The van der Waals surface area contributed by atoms with Crippen LogP contribution < -0.4 is 0 Å². The summed E-state index contributed by atoms with van der Waals surface area (Å²) < 4.78 is 3.04. The van der Waals surface area contributed by atoms with Crippen LogP contribution in [0, 0.1) is 0 Å². The molecule has 5 heteroatoms. The van der Waals surface area contributed by atoms with E-state index in [-0.39, 0.29) is 6.04 Å². The van der Waals surface area contributed by atoms with E-state index in [0.29, 0.717) is 5.02 Å². The van der Waals surface area contributed by atoms with Crippen molar-refractivity contribution in [3.8, 4) is 0 Å². The number of hydrogen-bond donors (Lipinski definition) is 0. The summed E-state index contributed by atoms with van der Waals surface area (Å²) in [6.07, 6.45) is 3.88. The fourth-order valence-electron chi connectivity index (χ4n) is 2.85. The molecule has 0 amide bonds. The Bertz CT molecular complexity index is 858. The lowest BCUT2D eigenvalue weighted by Gasteiger charge is -2.18. The van der Waals surface area contributed by atoms with E-state index in [1.54, 1.807) is 0 Å². The van der Waals surface area contributed by atoms with Crippen molar-refractivity contribution in [3.63, 3.8) is 0 Å². The standard InChI is InChI=1S/C18H17BrCl2N2/c1-3-4-12-7-15(17(21)9-16(12)20)11(2)23-18-8-14(19)6-5-13(18)10-22-23/h5-11H,3-4H2,1-2H3. The molecule has 0 aliphatic rings. The summed E-state index contributed by atoms with van der Waals surface area (Å²) in [6.45, 7) is 4.25. The van der Waals surface area contributed by atoms with Crippen LogP contribution in [0.1, 0.15) is 37.4 Å². The molecule has 0 saturated heterocycles. The second kappa shape index (κ2) is 6.84. The lowest BCUT2D eigenvalue weighted by molar-refractivity contribution is 0.583. The Labute approximate surface area is 154 Å². The van der Waals surface area contributed by atoms with Gasteiger partial charge < -0.3 is 0 Å². The fraction of sp³-hybridized carbons (Fsp3) is 0.278. The first-order chi connectivity index (χ1) is 11.0. The van der Waals surface area contributed by atoms with Crippen LogP contribution >= 0.6 is 39.1 Å². The van der Waals surface area contributed by atoms with Gasteiger partial charge in [0.2, 0.25) is 0 Å². The molecule has 120 valence electrons. The van der Waals surface area contributed by atoms with E-state index in [2.05, 4.69) is 53.1 Å². The van der Waals surface area contributed by atoms with Gasteiger partial charge in [-0.3, -0.25) is 4.68 Å². The summed E-state index contributed by atoms with van der Waals surface area (Å²) >= 11 is 16.3. The Kier molecular flexibility index (Phi) is 5.00. The maximum atomic E-state index is 6.46. The molecule has 3 aromatic rings. The third-order valence-corrected chi connectivity index (χ3v) is 5.23. The second-order valence-electron chi connectivity index (χ2n) is 5.68. The van der Waals surface area contributed by atoms with Crippen LogP contribution in [0.4, 0.5) is 0 Å². The number of aryl methyl sites for hydroxylation is 1. The molecule has 0 spiro atoms. The SMILES string of the molecule is CCCc1cc(C(C)n2ncc3ccc(Br)cc32)c(Cl)cc1Cl. The van der Waals surface area contributed by atoms with Gasteiger partial charge in [-0.15, -0.1) is 0 Å². The first-order valence-corrected chi connectivity index (χ1v) is 9.16. The average molecular weight is 412 g/mol. The number of rotatable bonds is 4. The number of hydrogen-bond acceptors (Lipinski definition) is 1. The van der Waals surface area contributed by atoms with Gasteiger partial charge in [0.15, 0.2) is 0 Å². The van der Waals surface area contributed by atoms with Crippen molar-refractivity contribution >= 4 is 50.0 Å². The Balaban J connectivity index is 2.10. The third kappa shape index (κ3) is 3.28. The maximum absolute atomic E-state index is 6.46. The zero-order valence-electron chi connectivity index (χ0n) is 13.0. The van der Waals surface area contributed by atoms with Crippen LogP contribution in [0.2, 0.25) is 10.0 Å². The highest BCUT2D eigenvalue weighted by atomic mass is 79.9. The smallest absolute Gasteiger partial charge is 0.0762 e. The summed E-state index contributed by atoms with van der Waals surface area (Å²) in [5, 5.41) is 7.08. The van der Waals surface area contributed by atoms with Gasteiger partial charge in [0, 0.05) is 19.9 Å². The van der Waals surface area contributed by atoms with E-state index in [1.807, 2.05) is 23.0 Å². The molecular formula is C18H17BrCl2N2.